The van der Waals surface area contributed by atoms with E-state index in [2.05, 4.69) is 4.74 Å². The summed E-state index contributed by atoms with van der Waals surface area (Å²) in [5, 5.41) is 8.54. The standard InChI is InChI=1S/C12H21NO5/c1-9(2)8-13(7-6-12(17)18-3)10(14)4-5-11(15)16/h9H,4-8H2,1-3H3,(H,15,16). The molecule has 1 N–H and O–H groups in total. The molecule has 6 nitrogen and oxygen atoms in total. The number of hydrogen-bond acceptors (Lipinski definition) is 4. The van der Waals surface area contributed by atoms with Gasteiger partial charge >= 0.3 is 11.9 Å². The summed E-state index contributed by atoms with van der Waals surface area (Å²) >= 11 is 0. The van der Waals surface area contributed by atoms with Crippen molar-refractivity contribution in [3.63, 3.8) is 0 Å². The zero-order chi connectivity index (χ0) is 14.1. The second-order valence-corrected chi connectivity index (χ2v) is 4.45. The number of carboxylic acids is 1. The lowest BCUT2D eigenvalue weighted by Gasteiger charge is -2.24. The fraction of sp³-hybridized carbons (Fsp3) is 0.750. The highest BCUT2D eigenvalue weighted by Crippen LogP contribution is 2.05. The number of carboxylic acid groups (broad SMARTS) is 1. The molecule has 0 heterocycles. The number of carbonyl (C=O) groups excluding carboxylic acids is 2. The van der Waals surface area contributed by atoms with Crippen LogP contribution >= 0.6 is 0 Å². The lowest BCUT2D eigenvalue weighted by molar-refractivity contribution is -0.143. The Hall–Kier alpha value is -1.59. The van der Waals surface area contributed by atoms with E-state index in [1.807, 2.05) is 13.8 Å². The first kappa shape index (κ1) is 16.4. The third-order valence-electron chi connectivity index (χ3n) is 2.30. The molecule has 0 saturated carbocycles. The molecule has 0 aromatic carbocycles. The van der Waals surface area contributed by atoms with Crippen LogP contribution in [0.2, 0.25) is 0 Å². The van der Waals surface area contributed by atoms with Crippen LogP contribution in [0.15, 0.2) is 0 Å². The molecule has 0 rings (SSSR count). The van der Waals surface area contributed by atoms with Crippen molar-refractivity contribution in [1.82, 2.24) is 4.90 Å². The minimum absolute atomic E-state index is 0.0385. The molecule has 0 aromatic heterocycles. The summed E-state index contributed by atoms with van der Waals surface area (Å²) in [4.78, 5) is 34.8. The average Bonchev–Trinajstić information content (AvgIpc) is 2.30. The first-order chi connectivity index (χ1) is 8.36. The van der Waals surface area contributed by atoms with Crippen molar-refractivity contribution in [2.24, 2.45) is 5.92 Å². The van der Waals surface area contributed by atoms with Gasteiger partial charge in [-0.1, -0.05) is 13.8 Å². The van der Waals surface area contributed by atoms with E-state index in [9.17, 15) is 14.4 Å². The predicted molar refractivity (Wildman–Crippen MR) is 64.9 cm³/mol. The molecule has 0 saturated heterocycles. The van der Waals surface area contributed by atoms with E-state index in [0.29, 0.717) is 6.54 Å². The minimum atomic E-state index is -0.999. The second-order valence-electron chi connectivity index (χ2n) is 4.45. The Balaban J connectivity index is 4.32. The number of hydrogen-bond donors (Lipinski definition) is 1. The van der Waals surface area contributed by atoms with Crippen molar-refractivity contribution in [2.75, 3.05) is 20.2 Å². The topological polar surface area (TPSA) is 83.9 Å². The fourth-order valence-corrected chi connectivity index (χ4v) is 1.46. The maximum atomic E-state index is 11.8. The number of aliphatic carboxylic acids is 1. The number of ether oxygens (including phenoxy) is 1. The average molecular weight is 259 g/mol. The number of amides is 1. The molecule has 104 valence electrons. The highest BCUT2D eigenvalue weighted by molar-refractivity contribution is 5.81. The van der Waals surface area contributed by atoms with E-state index in [1.54, 1.807) is 0 Å². The van der Waals surface area contributed by atoms with Crippen LogP contribution in [-0.4, -0.2) is 48.1 Å². The molecule has 0 aliphatic rings. The molecule has 0 atom stereocenters. The molecule has 0 radical (unpaired) electrons. The van der Waals surface area contributed by atoms with Gasteiger partial charge in [0.05, 0.1) is 20.0 Å². The van der Waals surface area contributed by atoms with E-state index < -0.39 is 5.97 Å². The number of carbonyl (C=O) groups is 3. The number of esters is 1. The lowest BCUT2D eigenvalue weighted by atomic mass is 10.2. The Morgan fingerprint density at radius 2 is 1.78 bits per heavy atom. The molecule has 0 bridgehead atoms. The Bertz CT molecular complexity index is 301. The van der Waals surface area contributed by atoms with Crippen LogP contribution in [-0.2, 0) is 19.1 Å². The Morgan fingerprint density at radius 1 is 1.17 bits per heavy atom. The Kier molecular flexibility index (Phi) is 7.74. The summed E-state index contributed by atoms with van der Waals surface area (Å²) in [5.41, 5.74) is 0. The van der Waals surface area contributed by atoms with Gasteiger partial charge in [0, 0.05) is 19.5 Å². The fourth-order valence-electron chi connectivity index (χ4n) is 1.46. The summed E-state index contributed by atoms with van der Waals surface area (Å²) in [5.74, 6) is -1.36. The minimum Gasteiger partial charge on any atom is -0.481 e. The van der Waals surface area contributed by atoms with Crippen LogP contribution in [0, 0.1) is 5.92 Å². The summed E-state index contributed by atoms with van der Waals surface area (Å²) in [6.45, 7) is 4.68. The van der Waals surface area contributed by atoms with Crippen LogP contribution in [0.25, 0.3) is 0 Å². The number of nitrogens with zero attached hydrogens (tertiary/aromatic N) is 1. The van der Waals surface area contributed by atoms with Crippen LogP contribution in [0.1, 0.15) is 33.1 Å². The zero-order valence-electron chi connectivity index (χ0n) is 11.1. The van der Waals surface area contributed by atoms with Gasteiger partial charge in [0.25, 0.3) is 0 Å². The maximum Gasteiger partial charge on any atom is 0.307 e. The number of methoxy groups -OCH3 is 1. The van der Waals surface area contributed by atoms with Crippen molar-refractivity contribution in [3.8, 4) is 0 Å². The first-order valence-corrected chi connectivity index (χ1v) is 5.93. The van der Waals surface area contributed by atoms with Gasteiger partial charge in [-0.15, -0.1) is 0 Å². The lowest BCUT2D eigenvalue weighted by Crippen LogP contribution is -2.36. The van der Waals surface area contributed by atoms with Crippen LogP contribution in [0.5, 0.6) is 0 Å². The van der Waals surface area contributed by atoms with Crippen LogP contribution < -0.4 is 0 Å². The molecular formula is C12H21NO5. The van der Waals surface area contributed by atoms with Gasteiger partial charge in [0.15, 0.2) is 0 Å². The molecule has 0 aliphatic carbocycles. The molecule has 0 fully saturated rings. The Labute approximate surface area is 107 Å². The molecular weight excluding hydrogens is 238 g/mol. The third-order valence-corrected chi connectivity index (χ3v) is 2.30. The quantitative estimate of drug-likeness (QED) is 0.655. The normalized spacial score (nSPS) is 10.2. The first-order valence-electron chi connectivity index (χ1n) is 5.93. The molecule has 18 heavy (non-hydrogen) atoms. The van der Waals surface area contributed by atoms with Gasteiger partial charge in [-0.3, -0.25) is 14.4 Å². The van der Waals surface area contributed by atoms with Gasteiger partial charge in [-0.05, 0) is 5.92 Å². The van der Waals surface area contributed by atoms with Crippen molar-refractivity contribution >= 4 is 17.8 Å². The predicted octanol–water partition coefficient (Wildman–Crippen LogP) is 0.899. The second kappa shape index (κ2) is 8.49. The maximum absolute atomic E-state index is 11.8. The van der Waals surface area contributed by atoms with Crippen molar-refractivity contribution < 1.29 is 24.2 Å². The van der Waals surface area contributed by atoms with E-state index in [1.165, 1.54) is 12.0 Å². The highest BCUT2D eigenvalue weighted by atomic mass is 16.5. The monoisotopic (exact) mass is 259 g/mol. The van der Waals surface area contributed by atoms with E-state index >= 15 is 0 Å². The van der Waals surface area contributed by atoms with Crippen molar-refractivity contribution in [1.29, 1.82) is 0 Å². The van der Waals surface area contributed by atoms with Crippen molar-refractivity contribution in [3.05, 3.63) is 0 Å². The summed E-state index contributed by atoms with van der Waals surface area (Å²) < 4.78 is 4.51. The van der Waals surface area contributed by atoms with E-state index in [-0.39, 0.29) is 43.6 Å². The van der Waals surface area contributed by atoms with Gasteiger partial charge in [0.2, 0.25) is 5.91 Å². The van der Waals surface area contributed by atoms with Gasteiger partial charge in [-0.2, -0.15) is 0 Å². The van der Waals surface area contributed by atoms with Gasteiger partial charge in [-0.25, -0.2) is 0 Å². The molecule has 0 aromatic rings. The summed E-state index contributed by atoms with van der Waals surface area (Å²) in [6, 6.07) is 0. The highest BCUT2D eigenvalue weighted by Gasteiger charge is 2.17. The van der Waals surface area contributed by atoms with Gasteiger partial charge < -0.3 is 14.7 Å². The van der Waals surface area contributed by atoms with E-state index in [4.69, 9.17) is 5.11 Å². The van der Waals surface area contributed by atoms with Crippen LogP contribution in [0.3, 0.4) is 0 Å². The van der Waals surface area contributed by atoms with Gasteiger partial charge in [0.1, 0.15) is 0 Å². The zero-order valence-corrected chi connectivity index (χ0v) is 11.1. The molecule has 6 heteroatoms. The van der Waals surface area contributed by atoms with E-state index in [0.717, 1.165) is 0 Å². The van der Waals surface area contributed by atoms with Crippen LogP contribution in [0.4, 0.5) is 0 Å². The summed E-state index contributed by atoms with van der Waals surface area (Å²) in [6.07, 6.45) is -0.100. The molecule has 1 amide bonds. The smallest absolute Gasteiger partial charge is 0.307 e. The third kappa shape index (κ3) is 7.65. The summed E-state index contributed by atoms with van der Waals surface area (Å²) in [7, 11) is 1.29. The molecule has 0 spiro atoms. The SMILES string of the molecule is COC(=O)CCN(CC(C)C)C(=O)CCC(=O)O. The number of rotatable bonds is 8. The van der Waals surface area contributed by atoms with Crippen molar-refractivity contribution in [2.45, 2.75) is 33.1 Å². The molecule has 0 aliphatic heterocycles. The largest absolute Gasteiger partial charge is 0.481 e. The molecule has 0 unspecified atom stereocenters. The Morgan fingerprint density at radius 3 is 2.22 bits per heavy atom.